The standard InChI is InChI=1S/C24H44BrNO2Si/c1-11-15-24(26(7)8)18-22(27-12-2)17-20(24)13-14-21(16-19(3)25)28-29(9,10)23(4,5)6/h17-18,21H,3,11-16H2,1-2,4-10H3. The third kappa shape index (κ3) is 7.08. The third-order valence-electron chi connectivity index (χ3n) is 6.45. The van der Waals surface area contributed by atoms with E-state index in [2.05, 4.69) is 101 Å². The van der Waals surface area contributed by atoms with Crippen LogP contribution in [0.4, 0.5) is 0 Å². The molecule has 1 aliphatic carbocycles. The average Bonchev–Trinajstić information content (AvgIpc) is 2.90. The maximum atomic E-state index is 6.79. The molecule has 0 saturated heterocycles. The zero-order valence-corrected chi connectivity index (χ0v) is 22.9. The lowest BCUT2D eigenvalue weighted by molar-refractivity contribution is 0.167. The van der Waals surface area contributed by atoms with Crippen molar-refractivity contribution in [3.63, 3.8) is 0 Å². The van der Waals surface area contributed by atoms with E-state index in [0.717, 1.165) is 42.3 Å². The van der Waals surface area contributed by atoms with Crippen molar-refractivity contribution in [3.05, 3.63) is 34.5 Å². The van der Waals surface area contributed by atoms with Gasteiger partial charge in [-0.15, -0.1) is 0 Å². The number of likely N-dealkylation sites (N-methyl/N-ethyl adjacent to an activating group) is 1. The maximum Gasteiger partial charge on any atom is 0.192 e. The van der Waals surface area contributed by atoms with Crippen LogP contribution in [0.15, 0.2) is 34.5 Å². The molecule has 29 heavy (non-hydrogen) atoms. The van der Waals surface area contributed by atoms with Gasteiger partial charge in [0.1, 0.15) is 5.76 Å². The number of hydrogen-bond acceptors (Lipinski definition) is 3. The summed E-state index contributed by atoms with van der Waals surface area (Å²) in [4.78, 5) is 2.35. The predicted octanol–water partition coefficient (Wildman–Crippen LogP) is 7.42. The Bertz CT molecular complexity index is 619. The Hall–Kier alpha value is -0.363. The zero-order chi connectivity index (χ0) is 22.5. The summed E-state index contributed by atoms with van der Waals surface area (Å²) >= 11 is 3.58. The molecular formula is C24H44BrNO2Si. The first-order valence-corrected chi connectivity index (χ1v) is 14.7. The van der Waals surface area contributed by atoms with E-state index in [9.17, 15) is 0 Å². The number of hydrogen-bond donors (Lipinski definition) is 0. The van der Waals surface area contributed by atoms with Gasteiger partial charge in [0.15, 0.2) is 8.32 Å². The van der Waals surface area contributed by atoms with E-state index >= 15 is 0 Å². The van der Waals surface area contributed by atoms with Crippen molar-refractivity contribution in [3.8, 4) is 0 Å². The Morgan fingerprint density at radius 2 is 1.90 bits per heavy atom. The first-order chi connectivity index (χ1) is 13.3. The molecule has 5 heteroatoms. The van der Waals surface area contributed by atoms with E-state index < -0.39 is 8.32 Å². The van der Waals surface area contributed by atoms with Crippen LogP contribution in [0.3, 0.4) is 0 Å². The molecule has 2 atom stereocenters. The summed E-state index contributed by atoms with van der Waals surface area (Å²) in [6.07, 6.45) is 9.86. The van der Waals surface area contributed by atoms with Gasteiger partial charge in [0.05, 0.1) is 12.1 Å². The van der Waals surface area contributed by atoms with Crippen molar-refractivity contribution < 1.29 is 9.16 Å². The van der Waals surface area contributed by atoms with E-state index in [4.69, 9.17) is 9.16 Å². The van der Waals surface area contributed by atoms with Crippen LogP contribution >= 0.6 is 15.9 Å². The van der Waals surface area contributed by atoms with Crippen LogP contribution in [0.2, 0.25) is 18.1 Å². The molecular weight excluding hydrogens is 442 g/mol. The smallest absolute Gasteiger partial charge is 0.192 e. The van der Waals surface area contributed by atoms with Gasteiger partial charge in [-0.25, -0.2) is 0 Å². The molecule has 0 bridgehead atoms. The van der Waals surface area contributed by atoms with Crippen LogP contribution in [0.25, 0.3) is 0 Å². The molecule has 0 radical (unpaired) electrons. The van der Waals surface area contributed by atoms with Gasteiger partial charge in [0.25, 0.3) is 0 Å². The normalized spacial score (nSPS) is 21.2. The van der Waals surface area contributed by atoms with E-state index in [0.29, 0.717) is 6.61 Å². The van der Waals surface area contributed by atoms with Crippen LogP contribution in [0, 0.1) is 0 Å². The molecule has 0 N–H and O–H groups in total. The Labute approximate surface area is 189 Å². The minimum absolute atomic E-state index is 0.0494. The van der Waals surface area contributed by atoms with Crippen molar-refractivity contribution in [1.29, 1.82) is 0 Å². The molecule has 3 nitrogen and oxygen atoms in total. The zero-order valence-electron chi connectivity index (χ0n) is 20.3. The predicted molar refractivity (Wildman–Crippen MR) is 133 cm³/mol. The summed E-state index contributed by atoms with van der Waals surface area (Å²) in [6.45, 7) is 20.7. The summed E-state index contributed by atoms with van der Waals surface area (Å²) in [5.41, 5.74) is 1.39. The highest BCUT2D eigenvalue weighted by molar-refractivity contribution is 9.11. The lowest BCUT2D eigenvalue weighted by Crippen LogP contribution is -2.45. The lowest BCUT2D eigenvalue weighted by Gasteiger charge is -2.40. The maximum absolute atomic E-state index is 6.79. The fraction of sp³-hybridized carbons (Fsp3) is 0.750. The fourth-order valence-corrected chi connectivity index (χ4v) is 5.57. The molecule has 0 saturated carbocycles. The summed E-state index contributed by atoms with van der Waals surface area (Å²) in [5.74, 6) is 1.01. The highest BCUT2D eigenvalue weighted by Gasteiger charge is 2.41. The first kappa shape index (κ1) is 26.7. The molecule has 2 unspecified atom stereocenters. The third-order valence-corrected chi connectivity index (χ3v) is 11.3. The van der Waals surface area contributed by atoms with Gasteiger partial charge in [-0.2, -0.15) is 0 Å². The van der Waals surface area contributed by atoms with Gasteiger partial charge in [-0.3, -0.25) is 4.90 Å². The summed E-state index contributed by atoms with van der Waals surface area (Å²) < 4.78 is 13.7. The van der Waals surface area contributed by atoms with Crippen molar-refractivity contribution in [2.75, 3.05) is 20.7 Å². The van der Waals surface area contributed by atoms with Gasteiger partial charge in [0, 0.05) is 12.5 Å². The molecule has 1 aliphatic rings. The molecule has 0 heterocycles. The van der Waals surface area contributed by atoms with Gasteiger partial charge in [0.2, 0.25) is 0 Å². The van der Waals surface area contributed by atoms with Gasteiger partial charge in [-0.1, -0.05) is 56.6 Å². The minimum Gasteiger partial charge on any atom is -0.494 e. The van der Waals surface area contributed by atoms with Crippen molar-refractivity contribution in [2.24, 2.45) is 0 Å². The molecule has 0 aliphatic heterocycles. The van der Waals surface area contributed by atoms with Crippen molar-refractivity contribution in [1.82, 2.24) is 4.90 Å². The van der Waals surface area contributed by atoms with Crippen molar-refractivity contribution >= 4 is 24.2 Å². The number of halogens is 1. The molecule has 0 spiro atoms. The first-order valence-electron chi connectivity index (χ1n) is 11.0. The van der Waals surface area contributed by atoms with Gasteiger partial charge < -0.3 is 9.16 Å². The quantitative estimate of drug-likeness (QED) is 0.268. The summed E-state index contributed by atoms with van der Waals surface area (Å²) in [7, 11) is 2.52. The van der Waals surface area contributed by atoms with E-state index in [1.54, 1.807) is 0 Å². The molecule has 0 aromatic carbocycles. The highest BCUT2D eigenvalue weighted by Crippen LogP contribution is 2.42. The number of allylic oxidation sites excluding steroid dienone is 1. The number of nitrogens with zero attached hydrogens (tertiary/aromatic N) is 1. The Balaban J connectivity index is 3.06. The molecule has 0 fully saturated rings. The molecule has 0 aromatic heterocycles. The van der Waals surface area contributed by atoms with Crippen molar-refractivity contribution in [2.45, 2.75) is 96.5 Å². The summed E-state index contributed by atoms with van der Waals surface area (Å²) in [6, 6.07) is 0. The van der Waals surface area contributed by atoms with E-state index in [-0.39, 0.29) is 16.7 Å². The lowest BCUT2D eigenvalue weighted by atomic mass is 9.83. The SMILES string of the molecule is C=C(Br)CC(CCC1=CC(OCC)=CC1(CCC)N(C)C)O[Si](C)(C)C(C)(C)C. The second kappa shape index (κ2) is 10.8. The Kier molecular flexibility index (Phi) is 9.92. The van der Waals surface area contributed by atoms with Crippen LogP contribution in [-0.2, 0) is 9.16 Å². The van der Waals surface area contributed by atoms with E-state index in [1.165, 1.54) is 5.57 Å². The van der Waals surface area contributed by atoms with Crippen LogP contribution in [-0.4, -0.2) is 45.6 Å². The molecule has 0 amide bonds. The largest absolute Gasteiger partial charge is 0.494 e. The van der Waals surface area contributed by atoms with Crippen LogP contribution in [0.5, 0.6) is 0 Å². The monoisotopic (exact) mass is 485 g/mol. The van der Waals surface area contributed by atoms with Crippen LogP contribution in [0.1, 0.15) is 66.7 Å². The second-order valence-corrected chi connectivity index (χ2v) is 15.9. The Morgan fingerprint density at radius 1 is 1.28 bits per heavy atom. The van der Waals surface area contributed by atoms with Crippen LogP contribution < -0.4 is 0 Å². The molecule has 1 rings (SSSR count). The topological polar surface area (TPSA) is 21.7 Å². The fourth-order valence-electron chi connectivity index (χ4n) is 3.82. The van der Waals surface area contributed by atoms with Gasteiger partial charge >= 0.3 is 0 Å². The molecule has 168 valence electrons. The molecule has 0 aromatic rings. The Morgan fingerprint density at radius 3 is 2.34 bits per heavy atom. The van der Waals surface area contributed by atoms with E-state index in [1.807, 2.05) is 0 Å². The minimum atomic E-state index is -1.84. The highest BCUT2D eigenvalue weighted by atomic mass is 79.9. The van der Waals surface area contributed by atoms with Gasteiger partial charge in [-0.05, 0) is 80.6 Å². The number of ether oxygens (including phenoxy) is 1. The summed E-state index contributed by atoms with van der Waals surface area (Å²) in [5, 5.41) is 0.199. The second-order valence-electron chi connectivity index (χ2n) is 9.98. The average molecular weight is 487 g/mol. The number of rotatable bonds is 12.